The number of nitroso groups, excluding NO2 is 1. The van der Waals surface area contributed by atoms with Gasteiger partial charge >= 0.3 is 0 Å². The van der Waals surface area contributed by atoms with Crippen molar-refractivity contribution >= 4 is 0 Å². The third-order valence-corrected chi connectivity index (χ3v) is 1.22. The molecule has 0 bridgehead atoms. The molecule has 1 rings (SSSR count). The van der Waals surface area contributed by atoms with Crippen LogP contribution >= 0.6 is 0 Å². The summed E-state index contributed by atoms with van der Waals surface area (Å²) < 4.78 is 0. The molecule has 0 spiro atoms. The first kappa shape index (κ1) is 5.94. The molecule has 4 nitrogen and oxygen atoms in total. The molecule has 0 aliphatic carbocycles. The van der Waals surface area contributed by atoms with Crippen LogP contribution in [0.1, 0.15) is 11.3 Å². The summed E-state index contributed by atoms with van der Waals surface area (Å²) >= 11 is 0. The van der Waals surface area contributed by atoms with Crippen molar-refractivity contribution in [1.29, 1.82) is 0 Å². The van der Waals surface area contributed by atoms with E-state index in [0.717, 1.165) is 16.0 Å². The third kappa shape index (κ3) is 0.960. The van der Waals surface area contributed by atoms with Crippen molar-refractivity contribution in [1.82, 2.24) is 9.89 Å². The quantitative estimate of drug-likeness (QED) is 0.526. The first-order valence-corrected chi connectivity index (χ1v) is 2.60. The lowest BCUT2D eigenvalue weighted by molar-refractivity contribution is 0.723. The molecule has 1 heterocycles. The lowest BCUT2D eigenvalue weighted by atomic mass is 10.3. The fourth-order valence-electron chi connectivity index (χ4n) is 0.570. The van der Waals surface area contributed by atoms with Gasteiger partial charge in [0.1, 0.15) is 0 Å². The smallest absolute Gasteiger partial charge is 0.0797 e. The van der Waals surface area contributed by atoms with Crippen molar-refractivity contribution < 1.29 is 0 Å². The van der Waals surface area contributed by atoms with E-state index in [1.165, 1.54) is 0 Å². The summed E-state index contributed by atoms with van der Waals surface area (Å²) in [5.41, 5.74) is 1.82. The van der Waals surface area contributed by atoms with Gasteiger partial charge in [-0.1, -0.05) is 0 Å². The summed E-state index contributed by atoms with van der Waals surface area (Å²) in [5.74, 6) is 0. The number of aryl methyl sites for hydroxylation is 2. The summed E-state index contributed by atoms with van der Waals surface area (Å²) in [7, 11) is 0. The summed E-state index contributed by atoms with van der Waals surface area (Å²) in [4.78, 5) is 10.8. The Bertz CT molecular complexity index is 209. The lowest BCUT2D eigenvalue weighted by Gasteiger charge is -1.77. The van der Waals surface area contributed by atoms with Crippen LogP contribution in [-0.2, 0) is 0 Å². The van der Waals surface area contributed by atoms with Gasteiger partial charge in [-0.25, -0.2) is 0 Å². The summed E-state index contributed by atoms with van der Waals surface area (Å²) in [6, 6.07) is 0. The molecule has 1 aromatic rings. The van der Waals surface area contributed by atoms with E-state index < -0.39 is 0 Å². The van der Waals surface area contributed by atoms with Crippen molar-refractivity contribution in [3.8, 4) is 0 Å². The molecule has 0 amide bonds. The van der Waals surface area contributed by atoms with Crippen molar-refractivity contribution in [3.63, 3.8) is 0 Å². The van der Waals surface area contributed by atoms with Gasteiger partial charge in [-0.15, -0.1) is 9.70 Å². The molecule has 0 radical (unpaired) electrons. The molecule has 0 saturated carbocycles. The van der Waals surface area contributed by atoms with Gasteiger partial charge in [0.15, 0.2) is 0 Å². The number of hydrogen-bond donors (Lipinski definition) is 0. The average molecular weight is 125 g/mol. The highest BCUT2D eigenvalue weighted by Gasteiger charge is 1.96. The minimum Gasteiger partial charge on any atom is -0.153 e. The van der Waals surface area contributed by atoms with Crippen LogP contribution in [0.3, 0.4) is 0 Å². The molecule has 0 aliphatic heterocycles. The maximum absolute atomic E-state index is 9.82. The second-order valence-corrected chi connectivity index (χ2v) is 1.90. The standard InChI is InChI=1S/C5H7N3O/c1-4-3-8(7-9)6-5(4)2/h3H,1-2H3. The second kappa shape index (κ2) is 1.97. The first-order valence-electron chi connectivity index (χ1n) is 2.60. The van der Waals surface area contributed by atoms with Gasteiger partial charge in [0.05, 0.1) is 17.2 Å². The van der Waals surface area contributed by atoms with Crippen LogP contribution in [0.15, 0.2) is 11.5 Å². The predicted molar refractivity (Wildman–Crippen MR) is 32.9 cm³/mol. The fraction of sp³-hybridized carbons (Fsp3) is 0.400. The largest absolute Gasteiger partial charge is 0.153 e. The Labute approximate surface area is 52.4 Å². The summed E-state index contributed by atoms with van der Waals surface area (Å²) in [6.07, 6.45) is 1.59. The van der Waals surface area contributed by atoms with Crippen molar-refractivity contribution in [2.45, 2.75) is 13.8 Å². The van der Waals surface area contributed by atoms with Gasteiger partial charge in [-0.2, -0.15) is 5.10 Å². The van der Waals surface area contributed by atoms with Gasteiger partial charge in [-0.05, 0) is 19.4 Å². The Kier molecular flexibility index (Phi) is 1.30. The van der Waals surface area contributed by atoms with E-state index in [9.17, 15) is 4.91 Å². The lowest BCUT2D eigenvalue weighted by Crippen LogP contribution is -1.85. The highest BCUT2D eigenvalue weighted by molar-refractivity contribution is 5.11. The Hall–Kier alpha value is -1.19. The molecule has 9 heavy (non-hydrogen) atoms. The molecule has 0 unspecified atom stereocenters. The minimum atomic E-state index is 0.842. The maximum atomic E-state index is 9.82. The topological polar surface area (TPSA) is 47.2 Å². The van der Waals surface area contributed by atoms with E-state index in [1.54, 1.807) is 6.20 Å². The van der Waals surface area contributed by atoms with Crippen molar-refractivity contribution in [3.05, 3.63) is 22.4 Å². The SMILES string of the molecule is Cc1cn(N=O)nc1C. The molecule has 0 N–H and O–H groups in total. The zero-order chi connectivity index (χ0) is 6.85. The third-order valence-electron chi connectivity index (χ3n) is 1.22. The van der Waals surface area contributed by atoms with Crippen LogP contribution in [0.5, 0.6) is 0 Å². The zero-order valence-corrected chi connectivity index (χ0v) is 5.33. The molecule has 1 aromatic heterocycles. The predicted octanol–water partition coefficient (Wildman–Crippen LogP) is 1.03. The fourth-order valence-corrected chi connectivity index (χ4v) is 0.570. The van der Waals surface area contributed by atoms with Crippen LogP contribution in [0, 0.1) is 18.8 Å². The van der Waals surface area contributed by atoms with E-state index >= 15 is 0 Å². The average Bonchev–Trinajstić information content (AvgIpc) is 2.13. The van der Waals surface area contributed by atoms with Gasteiger partial charge in [0.2, 0.25) is 0 Å². The van der Waals surface area contributed by atoms with Gasteiger partial charge in [0, 0.05) is 0 Å². The first-order chi connectivity index (χ1) is 4.24. The van der Waals surface area contributed by atoms with E-state index in [-0.39, 0.29) is 0 Å². The van der Waals surface area contributed by atoms with Crippen LogP contribution in [-0.4, -0.2) is 9.89 Å². The van der Waals surface area contributed by atoms with E-state index in [1.807, 2.05) is 13.8 Å². The van der Waals surface area contributed by atoms with Crippen LogP contribution in [0.25, 0.3) is 0 Å². The van der Waals surface area contributed by atoms with Gasteiger partial charge in [0.25, 0.3) is 0 Å². The normalized spacial score (nSPS) is 9.56. The zero-order valence-electron chi connectivity index (χ0n) is 5.33. The molecule has 0 aromatic carbocycles. The molecule has 0 aliphatic rings. The van der Waals surface area contributed by atoms with Crippen LogP contribution in [0.2, 0.25) is 0 Å². The highest BCUT2D eigenvalue weighted by atomic mass is 16.3. The molecule has 0 atom stereocenters. The monoisotopic (exact) mass is 125 g/mol. The molecule has 0 fully saturated rings. The van der Waals surface area contributed by atoms with Crippen molar-refractivity contribution in [2.75, 3.05) is 0 Å². The van der Waals surface area contributed by atoms with E-state index in [2.05, 4.69) is 10.4 Å². The maximum Gasteiger partial charge on any atom is 0.0797 e. The molecule has 0 saturated heterocycles. The van der Waals surface area contributed by atoms with E-state index in [4.69, 9.17) is 0 Å². The molecular weight excluding hydrogens is 118 g/mol. The molecular formula is C5H7N3O. The Morgan fingerprint density at radius 2 is 2.33 bits per heavy atom. The summed E-state index contributed by atoms with van der Waals surface area (Å²) in [6.45, 7) is 3.71. The van der Waals surface area contributed by atoms with Gasteiger partial charge in [-0.3, -0.25) is 0 Å². The minimum absolute atomic E-state index is 0.842. The Balaban J connectivity index is 3.11. The molecule has 4 heteroatoms. The summed E-state index contributed by atoms with van der Waals surface area (Å²) in [5, 5.41) is 6.37. The van der Waals surface area contributed by atoms with E-state index in [0.29, 0.717) is 0 Å². The number of rotatable bonds is 1. The Morgan fingerprint density at radius 3 is 2.56 bits per heavy atom. The Morgan fingerprint density at radius 1 is 1.67 bits per heavy atom. The van der Waals surface area contributed by atoms with Gasteiger partial charge < -0.3 is 0 Å². The highest BCUT2D eigenvalue weighted by Crippen LogP contribution is 2.01. The molecule has 48 valence electrons. The van der Waals surface area contributed by atoms with Crippen LogP contribution < -0.4 is 0 Å². The number of nitrogens with zero attached hydrogens (tertiary/aromatic N) is 3. The van der Waals surface area contributed by atoms with Crippen molar-refractivity contribution in [2.24, 2.45) is 5.29 Å². The number of aromatic nitrogens is 2. The van der Waals surface area contributed by atoms with Crippen LogP contribution in [0.4, 0.5) is 0 Å². The second-order valence-electron chi connectivity index (χ2n) is 1.90. The number of hydrogen-bond acceptors (Lipinski definition) is 3.